The number of phenols is 1. The van der Waals surface area contributed by atoms with E-state index in [4.69, 9.17) is 0 Å². The second-order valence-electron chi connectivity index (χ2n) is 4.08. The molecule has 0 aromatic heterocycles. The number of hydrogen-bond acceptors (Lipinski definition) is 2. The molecule has 0 spiro atoms. The number of carbonyl (C=O) groups is 1. The van der Waals surface area contributed by atoms with E-state index in [0.29, 0.717) is 11.8 Å². The number of phenolic OH excluding ortho intramolecular Hbond substituents is 1. The summed E-state index contributed by atoms with van der Waals surface area (Å²) in [5, 5.41) is 13.8. The molecule has 3 rings (SSSR count). The van der Waals surface area contributed by atoms with Crippen molar-refractivity contribution >= 4 is 27.8 Å². The van der Waals surface area contributed by atoms with E-state index in [1.807, 2.05) is 36.4 Å². The number of aldehydes is 1. The lowest BCUT2D eigenvalue weighted by atomic mass is 10.0. The van der Waals surface area contributed by atoms with Crippen LogP contribution < -0.4 is 0 Å². The van der Waals surface area contributed by atoms with Crippen molar-refractivity contribution in [1.82, 2.24) is 0 Å². The van der Waals surface area contributed by atoms with Crippen LogP contribution >= 0.6 is 0 Å². The third-order valence-corrected chi connectivity index (χ3v) is 2.98. The van der Waals surface area contributed by atoms with E-state index in [0.717, 1.165) is 21.5 Å². The molecule has 17 heavy (non-hydrogen) atoms. The molecule has 82 valence electrons. The third-order valence-electron chi connectivity index (χ3n) is 2.98. The maximum atomic E-state index is 10.8. The fraction of sp³-hybridized carbons (Fsp3) is 0. The molecule has 0 heterocycles. The molecule has 0 fully saturated rings. The van der Waals surface area contributed by atoms with Gasteiger partial charge in [-0.1, -0.05) is 24.3 Å². The van der Waals surface area contributed by atoms with Crippen LogP contribution in [0.1, 0.15) is 10.4 Å². The maximum Gasteiger partial charge on any atom is 0.153 e. The molecule has 0 bridgehead atoms. The van der Waals surface area contributed by atoms with Gasteiger partial charge in [-0.05, 0) is 45.8 Å². The second kappa shape index (κ2) is 3.59. The average Bonchev–Trinajstić information content (AvgIpc) is 2.35. The van der Waals surface area contributed by atoms with Gasteiger partial charge in [0.1, 0.15) is 5.75 Å². The zero-order valence-electron chi connectivity index (χ0n) is 9.05. The van der Waals surface area contributed by atoms with E-state index < -0.39 is 0 Å². The highest BCUT2D eigenvalue weighted by atomic mass is 16.3. The van der Waals surface area contributed by atoms with E-state index in [2.05, 4.69) is 0 Å². The Balaban J connectivity index is 2.43. The molecule has 0 aliphatic heterocycles. The Morgan fingerprint density at radius 2 is 1.41 bits per heavy atom. The summed E-state index contributed by atoms with van der Waals surface area (Å²) in [7, 11) is 0. The quantitative estimate of drug-likeness (QED) is 0.505. The topological polar surface area (TPSA) is 37.3 Å². The van der Waals surface area contributed by atoms with Crippen LogP contribution in [0.4, 0.5) is 0 Å². The fourth-order valence-corrected chi connectivity index (χ4v) is 2.09. The molecule has 0 saturated heterocycles. The summed E-state index contributed by atoms with van der Waals surface area (Å²) >= 11 is 0. The molecule has 0 atom stereocenters. The summed E-state index contributed by atoms with van der Waals surface area (Å²) in [6, 6.07) is 15.4. The molecule has 0 aliphatic rings. The van der Waals surface area contributed by atoms with Gasteiger partial charge < -0.3 is 5.11 Å². The molecule has 0 aliphatic carbocycles. The van der Waals surface area contributed by atoms with E-state index in [1.54, 1.807) is 12.1 Å². The molecular weight excluding hydrogens is 212 g/mol. The van der Waals surface area contributed by atoms with Crippen molar-refractivity contribution < 1.29 is 9.90 Å². The summed E-state index contributed by atoms with van der Waals surface area (Å²) < 4.78 is 0. The van der Waals surface area contributed by atoms with Crippen LogP contribution in [-0.4, -0.2) is 11.4 Å². The summed E-state index contributed by atoms with van der Waals surface area (Å²) in [5.41, 5.74) is 0.327. The van der Waals surface area contributed by atoms with Crippen LogP contribution in [0.15, 0.2) is 48.5 Å². The van der Waals surface area contributed by atoms with Crippen LogP contribution in [0.5, 0.6) is 5.75 Å². The molecule has 3 aromatic rings. The highest BCUT2D eigenvalue weighted by Gasteiger charge is 2.04. The summed E-state index contributed by atoms with van der Waals surface area (Å²) in [6.45, 7) is 0. The van der Waals surface area contributed by atoms with E-state index >= 15 is 0 Å². The average molecular weight is 222 g/mol. The van der Waals surface area contributed by atoms with Crippen molar-refractivity contribution in [2.75, 3.05) is 0 Å². The minimum Gasteiger partial charge on any atom is -0.507 e. The normalized spacial score (nSPS) is 10.8. The Morgan fingerprint density at radius 1 is 0.824 bits per heavy atom. The second-order valence-corrected chi connectivity index (χ2v) is 4.08. The molecule has 1 N–H and O–H groups in total. The van der Waals surface area contributed by atoms with Crippen molar-refractivity contribution in [3.63, 3.8) is 0 Å². The number of hydrogen-bond donors (Lipinski definition) is 1. The van der Waals surface area contributed by atoms with Gasteiger partial charge in [0.15, 0.2) is 6.29 Å². The number of benzene rings is 3. The van der Waals surface area contributed by atoms with Crippen LogP contribution in [-0.2, 0) is 0 Å². The number of carbonyl (C=O) groups excluding carboxylic acids is 1. The summed E-state index contributed by atoms with van der Waals surface area (Å²) in [4.78, 5) is 10.8. The molecule has 0 radical (unpaired) electrons. The smallest absolute Gasteiger partial charge is 0.153 e. The van der Waals surface area contributed by atoms with Crippen molar-refractivity contribution in [2.45, 2.75) is 0 Å². The molecule has 0 amide bonds. The van der Waals surface area contributed by atoms with Crippen molar-refractivity contribution in [3.05, 3.63) is 54.1 Å². The number of fused-ring (bicyclic) bond motifs is 2. The van der Waals surface area contributed by atoms with Crippen LogP contribution in [0, 0.1) is 0 Å². The Labute approximate surface area is 98.1 Å². The zero-order valence-corrected chi connectivity index (χ0v) is 9.05. The minimum atomic E-state index is 0.0304. The number of rotatable bonds is 1. The predicted molar refractivity (Wildman–Crippen MR) is 68.5 cm³/mol. The lowest BCUT2D eigenvalue weighted by molar-refractivity contribution is 0.112. The first-order valence-corrected chi connectivity index (χ1v) is 5.38. The Kier molecular flexibility index (Phi) is 2.08. The standard InChI is InChI=1S/C15H10O2/c16-9-14-7-12-5-10-3-1-2-4-11(10)6-13(12)8-15(14)17/h1-9,17H. The molecule has 0 saturated carbocycles. The van der Waals surface area contributed by atoms with Gasteiger partial charge in [0.2, 0.25) is 0 Å². The van der Waals surface area contributed by atoms with Crippen molar-refractivity contribution in [3.8, 4) is 5.75 Å². The SMILES string of the molecule is O=Cc1cc2cc3ccccc3cc2cc1O. The van der Waals surface area contributed by atoms with Gasteiger partial charge in [-0.3, -0.25) is 4.79 Å². The highest BCUT2D eigenvalue weighted by Crippen LogP contribution is 2.27. The molecular formula is C15H10O2. The highest BCUT2D eigenvalue weighted by molar-refractivity contribution is 6.01. The van der Waals surface area contributed by atoms with E-state index in [-0.39, 0.29) is 5.75 Å². The van der Waals surface area contributed by atoms with Gasteiger partial charge in [-0.2, -0.15) is 0 Å². The lowest BCUT2D eigenvalue weighted by Gasteiger charge is -2.04. The van der Waals surface area contributed by atoms with Gasteiger partial charge >= 0.3 is 0 Å². The molecule has 2 heteroatoms. The first kappa shape index (κ1) is 9.85. The Hall–Kier alpha value is -2.35. The van der Waals surface area contributed by atoms with E-state index in [1.165, 1.54) is 0 Å². The first-order valence-electron chi connectivity index (χ1n) is 5.38. The molecule has 0 unspecified atom stereocenters. The van der Waals surface area contributed by atoms with Gasteiger partial charge in [-0.15, -0.1) is 0 Å². The van der Waals surface area contributed by atoms with E-state index in [9.17, 15) is 9.90 Å². The monoisotopic (exact) mass is 222 g/mol. The minimum absolute atomic E-state index is 0.0304. The Bertz CT molecular complexity index is 729. The fourth-order valence-electron chi connectivity index (χ4n) is 2.09. The summed E-state index contributed by atoms with van der Waals surface area (Å²) in [6.07, 6.45) is 0.671. The number of aromatic hydroxyl groups is 1. The van der Waals surface area contributed by atoms with Crippen molar-refractivity contribution in [1.29, 1.82) is 0 Å². The largest absolute Gasteiger partial charge is 0.507 e. The lowest BCUT2D eigenvalue weighted by Crippen LogP contribution is -1.83. The van der Waals surface area contributed by atoms with Crippen molar-refractivity contribution in [2.24, 2.45) is 0 Å². The predicted octanol–water partition coefficient (Wildman–Crippen LogP) is 3.51. The van der Waals surface area contributed by atoms with Gasteiger partial charge in [0, 0.05) is 0 Å². The third kappa shape index (κ3) is 1.54. The Morgan fingerprint density at radius 3 is 2.00 bits per heavy atom. The van der Waals surface area contributed by atoms with Gasteiger partial charge in [0.25, 0.3) is 0 Å². The van der Waals surface area contributed by atoms with Crippen LogP contribution in [0.3, 0.4) is 0 Å². The van der Waals surface area contributed by atoms with Gasteiger partial charge in [-0.25, -0.2) is 0 Å². The summed E-state index contributed by atoms with van der Waals surface area (Å²) in [5.74, 6) is 0.0304. The maximum absolute atomic E-state index is 10.8. The molecule has 2 nitrogen and oxygen atoms in total. The zero-order chi connectivity index (χ0) is 11.8. The van der Waals surface area contributed by atoms with Crippen LogP contribution in [0.25, 0.3) is 21.5 Å². The molecule has 3 aromatic carbocycles. The van der Waals surface area contributed by atoms with Gasteiger partial charge in [0.05, 0.1) is 5.56 Å². The van der Waals surface area contributed by atoms with Crippen LogP contribution in [0.2, 0.25) is 0 Å². The first-order chi connectivity index (χ1) is 8.28.